The minimum absolute atomic E-state index is 0.491. The second-order valence-electron chi connectivity index (χ2n) is 2.03. The van der Waals surface area contributed by atoms with Crippen LogP contribution in [-0.2, 0) is 0 Å². The maximum Gasteiger partial charge on any atom is 0.0625 e. The van der Waals surface area contributed by atoms with Gasteiger partial charge in [0.05, 0.1) is 6.07 Å². The molecule has 0 aromatic heterocycles. The molecule has 1 N–H and O–H groups in total. The predicted molar refractivity (Wildman–Crippen MR) is 33.3 cm³/mol. The zero-order chi connectivity index (χ0) is 6.41. The molecule has 46 valence electrons. The maximum absolute atomic E-state index is 8.19. The quantitative estimate of drug-likeness (QED) is 0.585. The van der Waals surface area contributed by atoms with E-state index in [-0.39, 0.29) is 0 Å². The maximum atomic E-state index is 8.19. The smallest absolute Gasteiger partial charge is 0.0625 e. The molecule has 0 spiro atoms. The van der Waals surface area contributed by atoms with E-state index in [0.717, 1.165) is 6.54 Å². The zero-order valence-corrected chi connectivity index (χ0v) is 5.44. The van der Waals surface area contributed by atoms with E-state index in [9.17, 15) is 0 Å². The fourth-order valence-corrected chi connectivity index (χ4v) is 0.576. The Labute approximate surface area is 50.5 Å². The molecule has 0 unspecified atom stereocenters. The molecule has 0 saturated heterocycles. The van der Waals surface area contributed by atoms with Gasteiger partial charge in [0.25, 0.3) is 0 Å². The van der Waals surface area contributed by atoms with Crippen LogP contribution < -0.4 is 5.32 Å². The van der Waals surface area contributed by atoms with Crippen molar-refractivity contribution in [1.82, 2.24) is 5.32 Å². The number of nitrogens with one attached hydrogen (secondary N) is 1. The van der Waals surface area contributed by atoms with Gasteiger partial charge in [-0.15, -0.1) is 0 Å². The summed E-state index contributed by atoms with van der Waals surface area (Å²) in [4.78, 5) is 0. The summed E-state index contributed by atoms with van der Waals surface area (Å²) in [5.74, 6) is 0.491. The Morgan fingerprint density at radius 1 is 1.75 bits per heavy atom. The lowest BCUT2D eigenvalue weighted by Crippen LogP contribution is -2.15. The third kappa shape index (κ3) is 3.63. The van der Waals surface area contributed by atoms with Crippen LogP contribution in [0.25, 0.3) is 0 Å². The zero-order valence-electron chi connectivity index (χ0n) is 5.44. The Morgan fingerprint density at radius 2 is 2.38 bits per heavy atom. The highest BCUT2D eigenvalue weighted by atomic mass is 14.8. The minimum Gasteiger partial charge on any atom is -0.319 e. The first kappa shape index (κ1) is 7.45. The molecule has 8 heavy (non-hydrogen) atoms. The first-order valence-corrected chi connectivity index (χ1v) is 2.82. The van der Waals surface area contributed by atoms with Gasteiger partial charge in [0, 0.05) is 6.42 Å². The lowest BCUT2D eigenvalue weighted by atomic mass is 10.1. The van der Waals surface area contributed by atoms with Gasteiger partial charge >= 0.3 is 0 Å². The standard InChI is InChI=1S/C6H12N2/c1-6(3-4-7)5-8-2/h6,8H,3,5H2,1-2H3/t6-/m1/s1. The SMILES string of the molecule is CNC[C@H](C)CC#N. The van der Waals surface area contributed by atoms with Crippen LogP contribution in [0.5, 0.6) is 0 Å². The van der Waals surface area contributed by atoms with E-state index in [1.54, 1.807) is 0 Å². The van der Waals surface area contributed by atoms with Gasteiger partial charge in [-0.2, -0.15) is 5.26 Å². The van der Waals surface area contributed by atoms with E-state index in [0.29, 0.717) is 12.3 Å². The number of nitrogens with zero attached hydrogens (tertiary/aromatic N) is 1. The van der Waals surface area contributed by atoms with Gasteiger partial charge in [-0.1, -0.05) is 6.92 Å². The molecular weight excluding hydrogens is 100 g/mol. The molecule has 0 bridgehead atoms. The Hall–Kier alpha value is -0.550. The summed E-state index contributed by atoms with van der Waals surface area (Å²) in [5.41, 5.74) is 0. The molecule has 2 heteroatoms. The summed E-state index contributed by atoms with van der Waals surface area (Å²) in [6, 6.07) is 2.11. The predicted octanol–water partition coefficient (Wildman–Crippen LogP) is 0.756. The lowest BCUT2D eigenvalue weighted by molar-refractivity contribution is 0.556. The Kier molecular flexibility index (Phi) is 4.29. The van der Waals surface area contributed by atoms with Crippen LogP contribution in [0.15, 0.2) is 0 Å². The van der Waals surface area contributed by atoms with Crippen molar-refractivity contribution in [2.45, 2.75) is 13.3 Å². The molecule has 0 rings (SSSR count). The molecule has 0 amide bonds. The van der Waals surface area contributed by atoms with Crippen molar-refractivity contribution in [3.63, 3.8) is 0 Å². The fourth-order valence-electron chi connectivity index (χ4n) is 0.576. The molecule has 0 heterocycles. The highest BCUT2D eigenvalue weighted by Crippen LogP contribution is 1.95. The molecule has 0 saturated carbocycles. The summed E-state index contributed by atoms with van der Waals surface area (Å²) in [6.45, 7) is 2.99. The number of hydrogen-bond donors (Lipinski definition) is 1. The van der Waals surface area contributed by atoms with Gasteiger partial charge in [-0.05, 0) is 19.5 Å². The van der Waals surface area contributed by atoms with E-state index in [4.69, 9.17) is 5.26 Å². The molecule has 0 aromatic carbocycles. The Morgan fingerprint density at radius 3 is 2.75 bits per heavy atom. The van der Waals surface area contributed by atoms with Crippen molar-refractivity contribution in [3.05, 3.63) is 0 Å². The van der Waals surface area contributed by atoms with Crippen molar-refractivity contribution in [3.8, 4) is 6.07 Å². The third-order valence-corrected chi connectivity index (χ3v) is 0.992. The molecule has 0 aromatic rings. The highest BCUT2D eigenvalue weighted by molar-refractivity contribution is 4.73. The van der Waals surface area contributed by atoms with E-state index >= 15 is 0 Å². The van der Waals surface area contributed by atoms with Crippen LogP contribution in [-0.4, -0.2) is 13.6 Å². The van der Waals surface area contributed by atoms with Crippen molar-refractivity contribution < 1.29 is 0 Å². The third-order valence-electron chi connectivity index (χ3n) is 0.992. The van der Waals surface area contributed by atoms with Crippen LogP contribution in [0.1, 0.15) is 13.3 Å². The lowest BCUT2D eigenvalue weighted by Gasteiger charge is -2.02. The van der Waals surface area contributed by atoms with Crippen molar-refractivity contribution in [2.75, 3.05) is 13.6 Å². The molecule has 0 fully saturated rings. The van der Waals surface area contributed by atoms with Crippen molar-refractivity contribution in [1.29, 1.82) is 5.26 Å². The largest absolute Gasteiger partial charge is 0.319 e. The second kappa shape index (κ2) is 4.61. The highest BCUT2D eigenvalue weighted by Gasteiger charge is 1.95. The molecule has 2 nitrogen and oxygen atoms in total. The topological polar surface area (TPSA) is 35.8 Å². The first-order valence-electron chi connectivity index (χ1n) is 2.82. The van der Waals surface area contributed by atoms with Crippen LogP contribution >= 0.6 is 0 Å². The molecular formula is C6H12N2. The minimum atomic E-state index is 0.491. The summed E-state index contributed by atoms with van der Waals surface area (Å²) in [5, 5.41) is 11.2. The average Bonchev–Trinajstić information content (AvgIpc) is 1.68. The van der Waals surface area contributed by atoms with Gasteiger partial charge in [0.15, 0.2) is 0 Å². The molecule has 0 aliphatic heterocycles. The van der Waals surface area contributed by atoms with Gasteiger partial charge in [0.2, 0.25) is 0 Å². The van der Waals surface area contributed by atoms with Crippen molar-refractivity contribution in [2.24, 2.45) is 5.92 Å². The normalized spacial score (nSPS) is 12.6. The summed E-state index contributed by atoms with van der Waals surface area (Å²) in [7, 11) is 1.90. The number of rotatable bonds is 3. The molecule has 0 aliphatic carbocycles. The Balaban J connectivity index is 3.08. The fraction of sp³-hybridized carbons (Fsp3) is 0.833. The molecule has 1 atom stereocenters. The molecule has 0 radical (unpaired) electrons. The first-order chi connectivity index (χ1) is 3.81. The average molecular weight is 112 g/mol. The van der Waals surface area contributed by atoms with E-state index in [1.807, 2.05) is 7.05 Å². The Bertz CT molecular complexity index is 83.0. The molecule has 0 aliphatic rings. The summed E-state index contributed by atoms with van der Waals surface area (Å²) in [6.07, 6.45) is 0.654. The van der Waals surface area contributed by atoms with Crippen LogP contribution in [0.2, 0.25) is 0 Å². The van der Waals surface area contributed by atoms with Gasteiger partial charge in [0.1, 0.15) is 0 Å². The van der Waals surface area contributed by atoms with Crippen LogP contribution in [0.3, 0.4) is 0 Å². The number of hydrogen-bond acceptors (Lipinski definition) is 2. The monoisotopic (exact) mass is 112 g/mol. The van der Waals surface area contributed by atoms with E-state index in [1.165, 1.54) is 0 Å². The number of nitriles is 1. The van der Waals surface area contributed by atoms with Crippen LogP contribution in [0.4, 0.5) is 0 Å². The van der Waals surface area contributed by atoms with Gasteiger partial charge in [-0.3, -0.25) is 0 Å². The van der Waals surface area contributed by atoms with Gasteiger partial charge in [-0.25, -0.2) is 0 Å². The van der Waals surface area contributed by atoms with E-state index in [2.05, 4.69) is 18.3 Å². The second-order valence-corrected chi connectivity index (χ2v) is 2.03. The van der Waals surface area contributed by atoms with Crippen LogP contribution in [0, 0.1) is 17.2 Å². The van der Waals surface area contributed by atoms with E-state index < -0.39 is 0 Å². The van der Waals surface area contributed by atoms with Gasteiger partial charge < -0.3 is 5.32 Å². The summed E-state index contributed by atoms with van der Waals surface area (Å²) < 4.78 is 0. The summed E-state index contributed by atoms with van der Waals surface area (Å²) >= 11 is 0. The van der Waals surface area contributed by atoms with Crippen molar-refractivity contribution >= 4 is 0 Å².